The van der Waals surface area contributed by atoms with Crippen molar-refractivity contribution in [2.24, 2.45) is 0 Å². The monoisotopic (exact) mass is 266 g/mol. The molecule has 1 heterocycles. The molecule has 1 aliphatic heterocycles. The minimum absolute atomic E-state index is 0.0372. The fourth-order valence-electron chi connectivity index (χ4n) is 2.13. The Hall–Kier alpha value is -1.35. The average molecular weight is 266 g/mol. The fraction of sp³-hybridized carbons (Fsp3) is 0.562. The van der Waals surface area contributed by atoms with E-state index < -0.39 is 25.9 Å². The molecule has 0 spiro atoms. The van der Waals surface area contributed by atoms with E-state index in [1.54, 1.807) is 32.0 Å². The third kappa shape index (κ3) is 3.57. The topological polar surface area (TPSA) is 32.3 Å². The highest BCUT2D eigenvalue weighted by atomic mass is 16.1. The largest absolute Gasteiger partial charge is 0.326 e. The van der Waals surface area contributed by atoms with Crippen LogP contribution in [0.5, 0.6) is 0 Å². The predicted octanol–water partition coefficient (Wildman–Crippen LogP) is 2.85. The van der Waals surface area contributed by atoms with Crippen LogP contribution in [0.3, 0.4) is 0 Å². The first-order valence-electron chi connectivity index (χ1n) is 9.64. The summed E-state index contributed by atoms with van der Waals surface area (Å²) in [5, 5.41) is 2.68. The number of nitrogens with zero attached hydrogens (tertiary/aromatic N) is 1. The molecule has 19 heavy (non-hydrogen) atoms. The molecule has 0 saturated heterocycles. The van der Waals surface area contributed by atoms with Gasteiger partial charge in [-0.1, -0.05) is 26.0 Å². The van der Waals surface area contributed by atoms with Gasteiger partial charge < -0.3 is 10.2 Å². The molecule has 1 aromatic carbocycles. The van der Waals surface area contributed by atoms with Gasteiger partial charge >= 0.3 is 0 Å². The van der Waals surface area contributed by atoms with E-state index in [0.29, 0.717) is 16.8 Å². The number of carbonyl (C=O) groups excluding carboxylic acids is 1. The Labute approximate surface area is 124 Å². The molecule has 3 nitrogen and oxygen atoms in total. The van der Waals surface area contributed by atoms with Gasteiger partial charge in [-0.2, -0.15) is 0 Å². The van der Waals surface area contributed by atoms with Gasteiger partial charge in [0.05, 0.1) is 6.42 Å². The molecule has 1 amide bonds. The van der Waals surface area contributed by atoms with Gasteiger partial charge in [0.2, 0.25) is 5.91 Å². The van der Waals surface area contributed by atoms with E-state index >= 15 is 0 Å². The zero-order chi connectivity index (χ0) is 19.0. The molecule has 0 bridgehead atoms. The fourth-order valence-corrected chi connectivity index (χ4v) is 2.13. The van der Waals surface area contributed by atoms with Crippen LogP contribution in [-0.2, 0) is 17.6 Å². The lowest BCUT2D eigenvalue weighted by atomic mass is 10.0. The predicted molar refractivity (Wildman–Crippen MR) is 79.5 cm³/mol. The molecule has 1 N–H and O–H groups in total. The number of amides is 1. The zero-order valence-electron chi connectivity index (χ0n) is 17.4. The van der Waals surface area contributed by atoms with Crippen LogP contribution >= 0.6 is 0 Å². The molecule has 2 rings (SSSR count). The number of hydrogen-bond donors (Lipinski definition) is 1. The molecule has 0 fully saturated rings. The standard InChI is InChI=1S/C16H24N2O/c1-3-9-18(10-4-2)11-8-13-6-5-7-15-14(13)12-16(19)17-15/h5-7H,3-4,8-12H2,1-2H3,(H,17,19)/i8D2,9D2,10D2. The molecule has 0 atom stereocenters. The van der Waals surface area contributed by atoms with Crippen molar-refractivity contribution in [2.75, 3.05) is 24.9 Å². The molecular formula is C16H24N2O. The first-order chi connectivity index (χ1) is 11.4. The van der Waals surface area contributed by atoms with Crippen molar-refractivity contribution < 1.29 is 13.0 Å². The van der Waals surface area contributed by atoms with Gasteiger partial charge in [-0.05, 0) is 49.4 Å². The van der Waals surface area contributed by atoms with E-state index in [1.165, 1.54) is 0 Å². The maximum Gasteiger partial charge on any atom is 0.228 e. The Morgan fingerprint density at radius 1 is 1.32 bits per heavy atom. The van der Waals surface area contributed by atoms with Crippen molar-refractivity contribution in [1.82, 2.24) is 4.90 Å². The first kappa shape index (κ1) is 8.05. The van der Waals surface area contributed by atoms with E-state index in [0.717, 1.165) is 4.90 Å². The molecule has 0 saturated carbocycles. The van der Waals surface area contributed by atoms with Crippen LogP contribution < -0.4 is 5.32 Å². The Morgan fingerprint density at radius 3 is 2.74 bits per heavy atom. The number of hydrogen-bond acceptors (Lipinski definition) is 2. The molecule has 0 unspecified atom stereocenters. The van der Waals surface area contributed by atoms with E-state index in [-0.39, 0.29) is 25.2 Å². The zero-order valence-corrected chi connectivity index (χ0v) is 11.4. The minimum atomic E-state index is -2.01. The van der Waals surface area contributed by atoms with Gasteiger partial charge in [0.25, 0.3) is 0 Å². The molecule has 0 aliphatic carbocycles. The highest BCUT2D eigenvalue weighted by molar-refractivity contribution is 5.99. The van der Waals surface area contributed by atoms with Gasteiger partial charge in [-0.15, -0.1) is 0 Å². The third-order valence-electron chi connectivity index (χ3n) is 2.91. The van der Waals surface area contributed by atoms with Crippen LogP contribution in [0.25, 0.3) is 0 Å². The second kappa shape index (κ2) is 6.71. The van der Waals surface area contributed by atoms with Crippen molar-refractivity contribution in [2.45, 2.75) is 39.5 Å². The summed E-state index contributed by atoms with van der Waals surface area (Å²) < 4.78 is 49.5. The van der Waals surface area contributed by atoms with Gasteiger partial charge in [-0.3, -0.25) is 4.79 Å². The Kier molecular flexibility index (Phi) is 2.84. The van der Waals surface area contributed by atoms with Crippen LogP contribution in [-0.4, -0.2) is 30.3 Å². The highest BCUT2D eigenvalue weighted by Crippen LogP contribution is 2.26. The lowest BCUT2D eigenvalue weighted by Gasteiger charge is -2.21. The number of carbonyl (C=O) groups is 1. The summed E-state index contributed by atoms with van der Waals surface area (Å²) >= 11 is 0. The second-order valence-corrected chi connectivity index (χ2v) is 4.34. The molecule has 3 heteroatoms. The number of rotatable bonds is 7. The maximum atomic E-state index is 11.6. The van der Waals surface area contributed by atoms with Crippen LogP contribution in [0.1, 0.15) is 46.0 Å². The van der Waals surface area contributed by atoms with Crippen LogP contribution in [0.15, 0.2) is 18.2 Å². The van der Waals surface area contributed by atoms with Crippen molar-refractivity contribution in [3.63, 3.8) is 0 Å². The summed E-state index contributed by atoms with van der Waals surface area (Å²) in [5.41, 5.74) is 1.42. The van der Waals surface area contributed by atoms with Crippen LogP contribution in [0.4, 0.5) is 5.69 Å². The summed E-state index contributed by atoms with van der Waals surface area (Å²) in [5.74, 6) is -0.206. The molecule has 0 aromatic heterocycles. The van der Waals surface area contributed by atoms with Crippen molar-refractivity contribution in [3.05, 3.63) is 29.3 Å². The van der Waals surface area contributed by atoms with Crippen molar-refractivity contribution in [3.8, 4) is 0 Å². The summed E-state index contributed by atoms with van der Waals surface area (Å²) in [6, 6.07) is 4.93. The van der Waals surface area contributed by atoms with E-state index in [1.807, 2.05) is 0 Å². The lowest BCUT2D eigenvalue weighted by Crippen LogP contribution is -2.28. The normalized spacial score (nSPS) is 20.7. The van der Waals surface area contributed by atoms with Gasteiger partial charge in [0.15, 0.2) is 0 Å². The lowest BCUT2D eigenvalue weighted by molar-refractivity contribution is -0.115. The van der Waals surface area contributed by atoms with E-state index in [4.69, 9.17) is 8.22 Å². The second-order valence-electron chi connectivity index (χ2n) is 4.34. The Morgan fingerprint density at radius 2 is 2.05 bits per heavy atom. The maximum absolute atomic E-state index is 11.6. The highest BCUT2D eigenvalue weighted by Gasteiger charge is 2.20. The number of nitrogens with one attached hydrogen (secondary N) is 1. The summed E-state index contributed by atoms with van der Waals surface area (Å²) in [6.45, 7) is -1.20. The Bertz CT molecular complexity index is 646. The Balaban J connectivity index is 2.42. The van der Waals surface area contributed by atoms with Crippen molar-refractivity contribution in [1.29, 1.82) is 0 Å². The van der Waals surface area contributed by atoms with Crippen molar-refractivity contribution >= 4 is 11.6 Å². The quantitative estimate of drug-likeness (QED) is 0.823. The smallest absolute Gasteiger partial charge is 0.228 e. The van der Waals surface area contributed by atoms with Gasteiger partial charge in [-0.25, -0.2) is 0 Å². The van der Waals surface area contributed by atoms with E-state index in [9.17, 15) is 4.79 Å². The molecule has 104 valence electrons. The number of anilines is 1. The number of fused-ring (bicyclic) bond motifs is 1. The minimum Gasteiger partial charge on any atom is -0.326 e. The average Bonchev–Trinajstić information content (AvgIpc) is 2.92. The molecule has 0 radical (unpaired) electrons. The SMILES string of the molecule is [2H]C([2H])(CN(C([2H])([2H])CC)C([2H])([2H])CC)c1cccc2c1CC(=O)N2. The van der Waals surface area contributed by atoms with E-state index in [2.05, 4.69) is 5.32 Å². The van der Waals surface area contributed by atoms with Crippen LogP contribution in [0, 0.1) is 0 Å². The molecule has 1 aromatic rings. The third-order valence-corrected chi connectivity index (χ3v) is 2.91. The van der Waals surface area contributed by atoms with Gasteiger partial charge in [0, 0.05) is 20.5 Å². The molecule has 1 aliphatic rings. The van der Waals surface area contributed by atoms with Gasteiger partial charge in [0.1, 0.15) is 0 Å². The summed E-state index contributed by atoms with van der Waals surface area (Å²) in [6.07, 6.45) is -1.86. The number of benzene rings is 1. The first-order valence-corrected chi connectivity index (χ1v) is 6.64. The van der Waals surface area contributed by atoms with Crippen LogP contribution in [0.2, 0.25) is 0 Å². The summed E-state index contributed by atoms with van der Waals surface area (Å²) in [7, 11) is 0. The molecular weight excluding hydrogens is 236 g/mol. The summed E-state index contributed by atoms with van der Waals surface area (Å²) in [4.78, 5) is 12.6.